The number of rotatable bonds is 7. The molecule has 0 unspecified atom stereocenters. The van der Waals surface area contributed by atoms with Gasteiger partial charge in [0.1, 0.15) is 6.54 Å². The Morgan fingerprint density at radius 3 is 2.61 bits per heavy atom. The number of allylic oxidation sites excluding steroid dienone is 1. The van der Waals surface area contributed by atoms with Crippen LogP contribution in [0.2, 0.25) is 0 Å². The molecule has 2 N–H and O–H groups in total. The van der Waals surface area contributed by atoms with E-state index >= 15 is 0 Å². The summed E-state index contributed by atoms with van der Waals surface area (Å²) < 4.78 is 26.3. The fraction of sp³-hybridized carbons (Fsp3) is 0.500. The van der Waals surface area contributed by atoms with Crippen molar-refractivity contribution in [2.75, 3.05) is 20.6 Å². The van der Waals surface area contributed by atoms with Crippen LogP contribution in [-0.2, 0) is 21.4 Å². The minimum Gasteiger partial charge on any atom is -0.337 e. The van der Waals surface area contributed by atoms with Crippen LogP contribution >= 0.6 is 0 Å². The van der Waals surface area contributed by atoms with Gasteiger partial charge in [-0.1, -0.05) is 11.6 Å². The molecule has 28 heavy (non-hydrogen) atoms. The monoisotopic (exact) mass is 410 g/mol. The number of hydrogen-bond donors (Lipinski definition) is 2. The van der Waals surface area contributed by atoms with Crippen LogP contribution < -0.4 is 16.2 Å². The molecule has 0 saturated carbocycles. The van der Waals surface area contributed by atoms with Crippen molar-refractivity contribution in [3.8, 4) is 0 Å². The fourth-order valence-electron chi connectivity index (χ4n) is 2.83. The molecule has 1 aromatic heterocycles. The van der Waals surface area contributed by atoms with Crippen LogP contribution in [-0.4, -0.2) is 49.9 Å². The second-order valence-corrected chi connectivity index (χ2v) is 8.93. The summed E-state index contributed by atoms with van der Waals surface area (Å²) in [6.45, 7) is -0.0460. The van der Waals surface area contributed by atoms with E-state index in [1.807, 2.05) is 0 Å². The molecule has 154 valence electrons. The SMILES string of the molecule is CN(C)S(=O)(=O)c1ccc(=O)n(CC(=O)NC(=O)NCCC2=CCCCC2)c1. The topological polar surface area (TPSA) is 118 Å². The highest BCUT2D eigenvalue weighted by Crippen LogP contribution is 2.19. The quantitative estimate of drug-likeness (QED) is 0.645. The molecule has 0 bridgehead atoms. The first-order valence-corrected chi connectivity index (χ1v) is 10.5. The van der Waals surface area contributed by atoms with Crippen molar-refractivity contribution in [2.45, 2.75) is 43.5 Å². The van der Waals surface area contributed by atoms with Gasteiger partial charge in [0.05, 0.1) is 4.90 Å². The maximum Gasteiger partial charge on any atom is 0.321 e. The van der Waals surface area contributed by atoms with Crippen molar-refractivity contribution in [3.05, 3.63) is 40.3 Å². The summed E-state index contributed by atoms with van der Waals surface area (Å²) in [5, 5.41) is 4.76. The van der Waals surface area contributed by atoms with Crippen LogP contribution in [0.3, 0.4) is 0 Å². The Balaban J connectivity index is 1.90. The van der Waals surface area contributed by atoms with Crippen molar-refractivity contribution in [2.24, 2.45) is 0 Å². The number of hydrogen-bond acceptors (Lipinski definition) is 5. The highest BCUT2D eigenvalue weighted by molar-refractivity contribution is 7.89. The Labute approximate surface area is 164 Å². The number of nitrogens with zero attached hydrogens (tertiary/aromatic N) is 2. The van der Waals surface area contributed by atoms with Gasteiger partial charge < -0.3 is 9.88 Å². The number of sulfonamides is 1. The normalized spacial score (nSPS) is 14.5. The molecular formula is C18H26N4O5S. The highest BCUT2D eigenvalue weighted by Gasteiger charge is 2.19. The molecule has 0 saturated heterocycles. The Bertz CT molecular complexity index is 918. The average Bonchev–Trinajstić information content (AvgIpc) is 2.64. The molecule has 9 nitrogen and oxygen atoms in total. The lowest BCUT2D eigenvalue weighted by atomic mass is 9.97. The second-order valence-electron chi connectivity index (χ2n) is 6.78. The third-order valence-electron chi connectivity index (χ3n) is 4.42. The molecule has 1 aliphatic rings. The third kappa shape index (κ3) is 6.03. The van der Waals surface area contributed by atoms with Crippen LogP contribution in [0.4, 0.5) is 4.79 Å². The van der Waals surface area contributed by atoms with Crippen LogP contribution in [0.15, 0.2) is 39.7 Å². The van der Waals surface area contributed by atoms with Gasteiger partial charge in [0.15, 0.2) is 0 Å². The van der Waals surface area contributed by atoms with Gasteiger partial charge in [-0.05, 0) is 38.2 Å². The molecule has 0 fully saturated rings. The summed E-state index contributed by atoms with van der Waals surface area (Å²) in [4.78, 5) is 35.7. The number of carbonyl (C=O) groups is 2. The van der Waals surface area contributed by atoms with Gasteiger partial charge in [-0.15, -0.1) is 0 Å². The fourth-order valence-corrected chi connectivity index (χ4v) is 3.75. The van der Waals surface area contributed by atoms with Crippen molar-refractivity contribution >= 4 is 22.0 Å². The first kappa shape index (κ1) is 21.8. The maximum absolute atomic E-state index is 12.1. The largest absolute Gasteiger partial charge is 0.337 e. The second kappa shape index (κ2) is 9.65. The summed E-state index contributed by atoms with van der Waals surface area (Å²) >= 11 is 0. The molecule has 3 amide bonds. The van der Waals surface area contributed by atoms with Crippen molar-refractivity contribution in [1.82, 2.24) is 19.5 Å². The van der Waals surface area contributed by atoms with Crippen molar-refractivity contribution < 1.29 is 18.0 Å². The average molecular weight is 410 g/mol. The van der Waals surface area contributed by atoms with E-state index in [1.54, 1.807) is 0 Å². The number of imide groups is 1. The van der Waals surface area contributed by atoms with Gasteiger partial charge in [0.25, 0.3) is 5.56 Å². The van der Waals surface area contributed by atoms with Crippen molar-refractivity contribution in [3.63, 3.8) is 0 Å². The standard InChI is InChI=1S/C18H26N4O5S/c1-21(2)28(26,27)15-8-9-17(24)22(12-15)13-16(23)20-18(25)19-11-10-14-6-4-3-5-7-14/h6,8-9,12H,3-5,7,10-11,13H2,1-2H3,(H2,19,20,23,25). The van der Waals surface area contributed by atoms with Crippen LogP contribution in [0.5, 0.6) is 0 Å². The molecule has 0 spiro atoms. The van der Waals surface area contributed by atoms with Gasteiger partial charge in [0.2, 0.25) is 15.9 Å². The van der Waals surface area contributed by atoms with Gasteiger partial charge >= 0.3 is 6.03 Å². The van der Waals surface area contributed by atoms with Crippen LogP contribution in [0.25, 0.3) is 0 Å². The zero-order valence-electron chi connectivity index (χ0n) is 16.1. The molecule has 0 radical (unpaired) electrons. The first-order valence-electron chi connectivity index (χ1n) is 9.09. The predicted molar refractivity (Wildman–Crippen MR) is 104 cm³/mol. The number of pyridine rings is 1. The van der Waals surface area contributed by atoms with Gasteiger partial charge in [-0.3, -0.25) is 14.9 Å². The Kier molecular flexibility index (Phi) is 7.53. The summed E-state index contributed by atoms with van der Waals surface area (Å²) in [5.74, 6) is -0.712. The summed E-state index contributed by atoms with van der Waals surface area (Å²) in [6, 6.07) is 1.60. The van der Waals surface area contributed by atoms with Crippen LogP contribution in [0, 0.1) is 0 Å². The number of aromatic nitrogens is 1. The third-order valence-corrected chi connectivity index (χ3v) is 6.22. The van der Waals surface area contributed by atoms with E-state index in [4.69, 9.17) is 0 Å². The molecule has 2 rings (SSSR count). The number of urea groups is 1. The van der Waals surface area contributed by atoms with Crippen molar-refractivity contribution in [1.29, 1.82) is 0 Å². The molecular weight excluding hydrogens is 384 g/mol. The lowest BCUT2D eigenvalue weighted by molar-refractivity contribution is -0.120. The number of carbonyl (C=O) groups excluding carboxylic acids is 2. The highest BCUT2D eigenvalue weighted by atomic mass is 32.2. The molecule has 10 heteroatoms. The van der Waals surface area contributed by atoms with E-state index in [2.05, 4.69) is 16.7 Å². The van der Waals surface area contributed by atoms with E-state index in [0.29, 0.717) is 6.54 Å². The molecule has 1 aliphatic carbocycles. The summed E-state index contributed by atoms with van der Waals surface area (Å²) in [7, 11) is -1.01. The Morgan fingerprint density at radius 1 is 1.21 bits per heavy atom. The van der Waals surface area contributed by atoms with E-state index in [0.717, 1.165) is 46.8 Å². The lowest BCUT2D eigenvalue weighted by Crippen LogP contribution is -2.42. The van der Waals surface area contributed by atoms with E-state index in [9.17, 15) is 22.8 Å². The molecule has 1 heterocycles. The Hall–Kier alpha value is -2.46. The number of nitrogens with one attached hydrogen (secondary N) is 2. The Morgan fingerprint density at radius 2 is 1.96 bits per heavy atom. The predicted octanol–water partition coefficient (Wildman–Crippen LogP) is 0.815. The van der Waals surface area contributed by atoms with Crippen LogP contribution in [0.1, 0.15) is 32.1 Å². The minimum absolute atomic E-state index is 0.116. The first-order chi connectivity index (χ1) is 13.2. The smallest absolute Gasteiger partial charge is 0.321 e. The lowest BCUT2D eigenvalue weighted by Gasteiger charge is -2.14. The molecule has 0 aliphatic heterocycles. The molecule has 1 aromatic rings. The zero-order chi connectivity index (χ0) is 20.7. The van der Waals surface area contributed by atoms with E-state index in [1.165, 1.54) is 32.2 Å². The number of amides is 3. The maximum atomic E-state index is 12.1. The summed E-state index contributed by atoms with van der Waals surface area (Å²) in [6.07, 6.45) is 8.48. The molecule has 0 aromatic carbocycles. The van der Waals surface area contributed by atoms with Gasteiger partial charge in [0, 0.05) is 32.9 Å². The van der Waals surface area contributed by atoms with E-state index in [-0.39, 0.29) is 4.90 Å². The minimum atomic E-state index is -3.74. The zero-order valence-corrected chi connectivity index (χ0v) is 16.9. The van der Waals surface area contributed by atoms with E-state index < -0.39 is 34.1 Å². The van der Waals surface area contributed by atoms with Gasteiger partial charge in [-0.25, -0.2) is 17.5 Å². The summed E-state index contributed by atoms with van der Waals surface area (Å²) in [5.41, 5.74) is 0.765. The molecule has 0 atom stereocenters. The van der Waals surface area contributed by atoms with Gasteiger partial charge in [-0.2, -0.15) is 0 Å².